The third-order valence-electron chi connectivity index (χ3n) is 1.96. The van der Waals surface area contributed by atoms with E-state index in [1.165, 1.54) is 34.1 Å². The molecule has 0 atom stereocenters. The molecule has 0 aliphatic heterocycles. The van der Waals surface area contributed by atoms with E-state index in [9.17, 15) is 0 Å². The van der Waals surface area contributed by atoms with Gasteiger partial charge in [0.05, 0.1) is 4.21 Å². The summed E-state index contributed by atoms with van der Waals surface area (Å²) in [7, 11) is 0. The van der Waals surface area contributed by atoms with Crippen molar-refractivity contribution in [3.8, 4) is 0 Å². The quantitative estimate of drug-likeness (QED) is 0.572. The molecular formula is C11H19NS2. The summed E-state index contributed by atoms with van der Waals surface area (Å²) in [4.78, 5) is 1.51. The Kier molecular flexibility index (Phi) is 6.32. The van der Waals surface area contributed by atoms with Gasteiger partial charge in [0.2, 0.25) is 0 Å². The van der Waals surface area contributed by atoms with Gasteiger partial charge in [-0.25, -0.2) is 0 Å². The molecule has 0 radical (unpaired) electrons. The van der Waals surface area contributed by atoms with Crippen LogP contribution in [0.1, 0.15) is 31.1 Å². The van der Waals surface area contributed by atoms with Crippen LogP contribution in [0.3, 0.4) is 0 Å². The maximum absolute atomic E-state index is 5.46. The minimum atomic E-state index is 0.822. The van der Waals surface area contributed by atoms with Gasteiger partial charge in [-0.3, -0.25) is 0 Å². The Morgan fingerprint density at radius 3 is 2.93 bits per heavy atom. The zero-order chi connectivity index (χ0) is 10.2. The van der Waals surface area contributed by atoms with E-state index in [2.05, 4.69) is 19.1 Å². The van der Waals surface area contributed by atoms with Gasteiger partial charge in [0, 0.05) is 4.88 Å². The number of unbranched alkanes of at least 4 members (excludes halogenated alkanes) is 1. The molecule has 0 aliphatic rings. The molecule has 0 amide bonds. The monoisotopic (exact) mass is 229 g/mol. The molecule has 80 valence electrons. The summed E-state index contributed by atoms with van der Waals surface area (Å²) in [6, 6.07) is 4.52. The van der Waals surface area contributed by atoms with Crippen molar-refractivity contribution >= 4 is 23.1 Å². The van der Waals surface area contributed by atoms with Crippen molar-refractivity contribution in [1.29, 1.82) is 0 Å². The summed E-state index contributed by atoms with van der Waals surface area (Å²) in [5.41, 5.74) is 5.46. The van der Waals surface area contributed by atoms with Gasteiger partial charge in [0.1, 0.15) is 0 Å². The van der Waals surface area contributed by atoms with Crippen LogP contribution in [-0.2, 0) is 6.42 Å². The van der Waals surface area contributed by atoms with Crippen molar-refractivity contribution in [3.63, 3.8) is 0 Å². The Hall–Kier alpha value is 0.01000. The van der Waals surface area contributed by atoms with Gasteiger partial charge in [-0.2, -0.15) is 0 Å². The number of thiophene rings is 1. The molecule has 1 aromatic heterocycles. The van der Waals surface area contributed by atoms with Crippen molar-refractivity contribution in [1.82, 2.24) is 0 Å². The van der Waals surface area contributed by atoms with Crippen LogP contribution < -0.4 is 5.73 Å². The van der Waals surface area contributed by atoms with Crippen molar-refractivity contribution in [2.24, 2.45) is 5.73 Å². The van der Waals surface area contributed by atoms with Crippen LogP contribution >= 0.6 is 23.1 Å². The van der Waals surface area contributed by atoms with Gasteiger partial charge >= 0.3 is 0 Å². The number of hydrogen-bond acceptors (Lipinski definition) is 3. The van der Waals surface area contributed by atoms with Gasteiger partial charge in [0.25, 0.3) is 0 Å². The van der Waals surface area contributed by atoms with E-state index < -0.39 is 0 Å². The van der Waals surface area contributed by atoms with Crippen molar-refractivity contribution in [3.05, 3.63) is 17.0 Å². The molecule has 1 aromatic rings. The molecule has 1 rings (SSSR count). The Balaban J connectivity index is 2.27. The SMILES string of the molecule is CCCSc1ccc(CCCCN)s1. The lowest BCUT2D eigenvalue weighted by Crippen LogP contribution is -1.98. The molecule has 0 fully saturated rings. The van der Waals surface area contributed by atoms with E-state index in [1.54, 1.807) is 0 Å². The van der Waals surface area contributed by atoms with Crippen LogP contribution in [0, 0.1) is 0 Å². The minimum Gasteiger partial charge on any atom is -0.330 e. The minimum absolute atomic E-state index is 0.822. The zero-order valence-corrected chi connectivity index (χ0v) is 10.4. The Morgan fingerprint density at radius 2 is 2.21 bits per heavy atom. The summed E-state index contributed by atoms with van der Waals surface area (Å²) in [6.45, 7) is 3.05. The average molecular weight is 229 g/mol. The van der Waals surface area contributed by atoms with Gasteiger partial charge < -0.3 is 5.73 Å². The number of nitrogens with two attached hydrogens (primary N) is 1. The highest BCUT2D eigenvalue weighted by Gasteiger charge is 1.99. The van der Waals surface area contributed by atoms with Crippen LogP contribution in [0.4, 0.5) is 0 Å². The third-order valence-corrected chi connectivity index (χ3v) is 4.54. The fourth-order valence-electron chi connectivity index (χ4n) is 1.22. The van der Waals surface area contributed by atoms with E-state index in [-0.39, 0.29) is 0 Å². The van der Waals surface area contributed by atoms with Crippen LogP contribution in [0.25, 0.3) is 0 Å². The standard InChI is InChI=1S/C11H19NS2/c1-2-9-13-11-7-6-10(14-11)5-3-4-8-12/h6-7H,2-5,8-9,12H2,1H3. The van der Waals surface area contributed by atoms with E-state index in [1.807, 2.05) is 23.1 Å². The fourth-order valence-corrected chi connectivity index (χ4v) is 3.37. The molecule has 0 aromatic carbocycles. The summed E-state index contributed by atoms with van der Waals surface area (Å²) in [5.74, 6) is 1.24. The molecule has 0 saturated heterocycles. The first-order valence-electron chi connectivity index (χ1n) is 5.28. The maximum Gasteiger partial charge on any atom is 0.0601 e. The fraction of sp³-hybridized carbons (Fsp3) is 0.636. The molecule has 14 heavy (non-hydrogen) atoms. The van der Waals surface area contributed by atoms with E-state index in [4.69, 9.17) is 5.73 Å². The predicted octanol–water partition coefficient (Wildman–Crippen LogP) is 3.53. The molecule has 0 unspecified atom stereocenters. The highest BCUT2D eigenvalue weighted by molar-refractivity contribution is 8.01. The van der Waals surface area contributed by atoms with Crippen LogP contribution in [0.15, 0.2) is 16.3 Å². The smallest absolute Gasteiger partial charge is 0.0601 e. The van der Waals surface area contributed by atoms with Gasteiger partial charge in [0.15, 0.2) is 0 Å². The number of thioether (sulfide) groups is 1. The summed E-state index contributed by atoms with van der Waals surface area (Å²) in [5, 5.41) is 0. The number of rotatable bonds is 7. The normalized spacial score (nSPS) is 10.7. The summed E-state index contributed by atoms with van der Waals surface area (Å²) < 4.78 is 1.47. The molecule has 0 spiro atoms. The second-order valence-electron chi connectivity index (χ2n) is 3.31. The first-order chi connectivity index (χ1) is 6.86. The molecule has 1 heterocycles. The lowest BCUT2D eigenvalue weighted by atomic mass is 10.2. The predicted molar refractivity (Wildman–Crippen MR) is 67.3 cm³/mol. The van der Waals surface area contributed by atoms with E-state index in [0.717, 1.165) is 13.0 Å². The number of aryl methyl sites for hydroxylation is 1. The summed E-state index contributed by atoms with van der Waals surface area (Å²) >= 11 is 3.92. The first kappa shape index (κ1) is 12.1. The van der Waals surface area contributed by atoms with Crippen molar-refractivity contribution in [2.75, 3.05) is 12.3 Å². The maximum atomic E-state index is 5.46. The van der Waals surface area contributed by atoms with Gasteiger partial charge in [-0.05, 0) is 50.1 Å². The highest BCUT2D eigenvalue weighted by atomic mass is 32.2. The second kappa shape index (κ2) is 7.32. The van der Waals surface area contributed by atoms with Crippen molar-refractivity contribution in [2.45, 2.75) is 36.8 Å². The Labute approximate surface area is 95.1 Å². The average Bonchev–Trinajstić information content (AvgIpc) is 2.63. The second-order valence-corrected chi connectivity index (χ2v) is 5.88. The largest absolute Gasteiger partial charge is 0.330 e. The van der Waals surface area contributed by atoms with E-state index >= 15 is 0 Å². The molecule has 0 saturated carbocycles. The van der Waals surface area contributed by atoms with Crippen LogP contribution in [-0.4, -0.2) is 12.3 Å². The van der Waals surface area contributed by atoms with E-state index in [0.29, 0.717) is 0 Å². The van der Waals surface area contributed by atoms with Crippen molar-refractivity contribution < 1.29 is 0 Å². The van der Waals surface area contributed by atoms with Crippen LogP contribution in [0.5, 0.6) is 0 Å². The molecule has 1 nitrogen and oxygen atoms in total. The lowest BCUT2D eigenvalue weighted by molar-refractivity contribution is 0.751. The number of hydrogen-bond donors (Lipinski definition) is 1. The molecule has 3 heteroatoms. The Bertz CT molecular complexity index is 245. The highest BCUT2D eigenvalue weighted by Crippen LogP contribution is 2.28. The zero-order valence-electron chi connectivity index (χ0n) is 8.79. The first-order valence-corrected chi connectivity index (χ1v) is 7.08. The molecule has 2 N–H and O–H groups in total. The molecule has 0 aliphatic carbocycles. The molecule has 0 bridgehead atoms. The molecular weight excluding hydrogens is 210 g/mol. The van der Waals surface area contributed by atoms with Gasteiger partial charge in [-0.15, -0.1) is 23.1 Å². The van der Waals surface area contributed by atoms with Crippen LogP contribution in [0.2, 0.25) is 0 Å². The topological polar surface area (TPSA) is 26.0 Å². The Morgan fingerprint density at radius 1 is 1.36 bits per heavy atom. The van der Waals surface area contributed by atoms with Gasteiger partial charge in [-0.1, -0.05) is 6.92 Å². The summed E-state index contributed by atoms with van der Waals surface area (Å²) in [6.07, 6.45) is 4.84. The third kappa shape index (κ3) is 4.49. The lowest BCUT2D eigenvalue weighted by Gasteiger charge is -1.95.